The Bertz CT molecular complexity index is 511. The van der Waals surface area contributed by atoms with Gasteiger partial charge in [-0.2, -0.15) is 5.26 Å². The van der Waals surface area contributed by atoms with E-state index in [0.717, 1.165) is 34.3 Å². The molecule has 0 amide bonds. The van der Waals surface area contributed by atoms with Crippen LogP contribution in [0.25, 0.3) is 0 Å². The number of aromatic amines is 1. The van der Waals surface area contributed by atoms with Gasteiger partial charge in [-0.1, -0.05) is 0 Å². The summed E-state index contributed by atoms with van der Waals surface area (Å²) in [5.74, 6) is 4.38. The van der Waals surface area contributed by atoms with Gasteiger partial charge in [0.25, 0.3) is 0 Å². The molecule has 1 heterocycles. The minimum Gasteiger partial charge on any atom is -0.355 e. The average Bonchev–Trinajstić information content (AvgIpc) is 2.80. The molecule has 0 spiro atoms. The summed E-state index contributed by atoms with van der Waals surface area (Å²) in [4.78, 5) is 3.32. The Hall–Kier alpha value is -0.880. The van der Waals surface area contributed by atoms with Gasteiger partial charge < -0.3 is 4.98 Å². The zero-order chi connectivity index (χ0) is 13.0. The number of hydrogen-bond acceptors (Lipinski definition) is 2. The minimum absolute atomic E-state index is 0.666. The van der Waals surface area contributed by atoms with Crippen molar-refractivity contribution in [2.45, 2.75) is 43.0 Å². The van der Waals surface area contributed by atoms with Gasteiger partial charge in [-0.3, -0.25) is 0 Å². The largest absolute Gasteiger partial charge is 0.355 e. The van der Waals surface area contributed by atoms with Gasteiger partial charge in [-0.05, 0) is 73.5 Å². The third-order valence-corrected chi connectivity index (χ3v) is 6.51. The number of aromatic nitrogens is 1. The van der Waals surface area contributed by atoms with Gasteiger partial charge in [-0.15, -0.1) is 11.8 Å². The topological polar surface area (TPSA) is 39.6 Å². The number of thioether (sulfide) groups is 1. The first-order valence-corrected chi connectivity index (χ1v) is 8.68. The fourth-order valence-corrected chi connectivity index (χ4v) is 5.94. The van der Waals surface area contributed by atoms with Crippen molar-refractivity contribution >= 4 is 11.8 Å². The van der Waals surface area contributed by atoms with Crippen LogP contribution in [0.4, 0.5) is 0 Å². The lowest BCUT2D eigenvalue weighted by Gasteiger charge is -2.54. The molecule has 0 atom stereocenters. The minimum atomic E-state index is 0.666. The fourth-order valence-electron chi connectivity index (χ4n) is 5.39. The van der Waals surface area contributed by atoms with Gasteiger partial charge in [0.15, 0.2) is 0 Å². The van der Waals surface area contributed by atoms with E-state index in [-0.39, 0.29) is 0 Å². The molecule has 1 N–H and O–H groups in total. The number of nitriles is 1. The van der Waals surface area contributed by atoms with Crippen molar-refractivity contribution < 1.29 is 0 Å². The molecule has 4 aliphatic rings. The Morgan fingerprint density at radius 1 is 1.16 bits per heavy atom. The molecule has 4 fully saturated rings. The Kier molecular flexibility index (Phi) is 2.70. The molecule has 2 nitrogen and oxygen atoms in total. The molecule has 4 aliphatic carbocycles. The summed E-state index contributed by atoms with van der Waals surface area (Å²) in [6.07, 6.45) is 11.4. The SMILES string of the molecule is CSc1[nH]cc(C2C3CC4CC(C3)CC2C4)c1C#N. The lowest BCUT2D eigenvalue weighted by Crippen LogP contribution is -2.43. The monoisotopic (exact) mass is 272 g/mol. The number of nitrogens with zero attached hydrogens (tertiary/aromatic N) is 1. The standard InChI is InChI=1S/C16H20N2S/c1-19-16-13(7-17)14(8-18-16)15-11-3-9-2-10(5-11)6-12(15)4-9/h8-12,15,18H,2-6H2,1H3. The summed E-state index contributed by atoms with van der Waals surface area (Å²) in [5, 5.41) is 10.6. The van der Waals surface area contributed by atoms with Crippen LogP contribution in [0.1, 0.15) is 49.1 Å². The normalized spacial score (nSPS) is 39.5. The van der Waals surface area contributed by atoms with E-state index >= 15 is 0 Å². The Morgan fingerprint density at radius 3 is 2.32 bits per heavy atom. The number of H-pyrrole nitrogens is 1. The Balaban J connectivity index is 1.73. The summed E-state index contributed by atoms with van der Waals surface area (Å²) in [6.45, 7) is 0. The first-order chi connectivity index (χ1) is 9.30. The van der Waals surface area contributed by atoms with E-state index in [4.69, 9.17) is 0 Å². The Labute approximate surface area is 119 Å². The summed E-state index contributed by atoms with van der Waals surface area (Å²) in [6, 6.07) is 2.45. The molecule has 1 aromatic heterocycles. The number of rotatable bonds is 2. The van der Waals surface area contributed by atoms with E-state index < -0.39 is 0 Å². The third-order valence-electron chi connectivity index (χ3n) is 5.78. The van der Waals surface area contributed by atoms with Crippen molar-refractivity contribution in [3.63, 3.8) is 0 Å². The zero-order valence-electron chi connectivity index (χ0n) is 11.4. The predicted molar refractivity (Wildman–Crippen MR) is 77.1 cm³/mol. The second kappa shape index (κ2) is 4.31. The molecule has 5 rings (SSSR count). The molecular weight excluding hydrogens is 252 g/mol. The van der Waals surface area contributed by atoms with Crippen LogP contribution in [0.3, 0.4) is 0 Å². The van der Waals surface area contributed by atoms with E-state index in [0.29, 0.717) is 5.92 Å². The van der Waals surface area contributed by atoms with Crippen LogP contribution < -0.4 is 0 Å². The molecule has 19 heavy (non-hydrogen) atoms. The van der Waals surface area contributed by atoms with Crippen molar-refractivity contribution in [3.05, 3.63) is 17.3 Å². The first-order valence-electron chi connectivity index (χ1n) is 7.45. The molecule has 0 aromatic carbocycles. The van der Waals surface area contributed by atoms with Crippen molar-refractivity contribution in [3.8, 4) is 6.07 Å². The van der Waals surface area contributed by atoms with Crippen molar-refractivity contribution in [2.75, 3.05) is 6.26 Å². The van der Waals surface area contributed by atoms with Gasteiger partial charge in [0.05, 0.1) is 10.6 Å². The molecule has 4 saturated carbocycles. The third kappa shape index (κ3) is 1.69. The van der Waals surface area contributed by atoms with Crippen molar-refractivity contribution in [1.82, 2.24) is 4.98 Å². The predicted octanol–water partition coefficient (Wildman–Crippen LogP) is 4.15. The maximum Gasteiger partial charge on any atom is 0.102 e. The molecule has 0 radical (unpaired) electrons. The van der Waals surface area contributed by atoms with Crippen LogP contribution in [0.2, 0.25) is 0 Å². The lowest BCUT2D eigenvalue weighted by molar-refractivity contribution is -0.00284. The maximum atomic E-state index is 9.49. The molecular formula is C16H20N2S. The molecule has 0 unspecified atom stereocenters. The second-order valence-electron chi connectivity index (χ2n) is 6.72. The van der Waals surface area contributed by atoms with E-state index in [1.165, 1.54) is 37.7 Å². The van der Waals surface area contributed by atoms with Crippen molar-refractivity contribution in [1.29, 1.82) is 5.26 Å². The highest BCUT2D eigenvalue weighted by molar-refractivity contribution is 7.98. The summed E-state index contributed by atoms with van der Waals surface area (Å²) < 4.78 is 0. The van der Waals surface area contributed by atoms with E-state index in [1.807, 2.05) is 6.26 Å². The second-order valence-corrected chi connectivity index (χ2v) is 7.54. The first kappa shape index (κ1) is 11.9. The molecule has 0 aliphatic heterocycles. The highest BCUT2D eigenvalue weighted by Crippen LogP contribution is 2.60. The number of nitrogens with one attached hydrogen (secondary N) is 1. The highest BCUT2D eigenvalue weighted by atomic mass is 32.2. The zero-order valence-corrected chi connectivity index (χ0v) is 12.2. The van der Waals surface area contributed by atoms with Crippen LogP contribution in [-0.4, -0.2) is 11.2 Å². The van der Waals surface area contributed by atoms with Crippen molar-refractivity contribution in [2.24, 2.45) is 23.7 Å². The molecule has 100 valence electrons. The van der Waals surface area contributed by atoms with Crippen LogP contribution in [0.15, 0.2) is 11.2 Å². The van der Waals surface area contributed by atoms with Gasteiger partial charge in [0.1, 0.15) is 6.07 Å². The summed E-state index contributed by atoms with van der Waals surface area (Å²) in [7, 11) is 0. The Morgan fingerprint density at radius 2 is 1.79 bits per heavy atom. The molecule has 0 saturated heterocycles. The van der Waals surface area contributed by atoms with Gasteiger partial charge in [0, 0.05) is 6.20 Å². The lowest BCUT2D eigenvalue weighted by atomic mass is 9.50. The van der Waals surface area contributed by atoms with Crippen LogP contribution in [0, 0.1) is 35.0 Å². The maximum absolute atomic E-state index is 9.49. The molecule has 3 heteroatoms. The quantitative estimate of drug-likeness (QED) is 0.822. The van der Waals surface area contributed by atoms with Crippen LogP contribution in [0.5, 0.6) is 0 Å². The smallest absolute Gasteiger partial charge is 0.102 e. The van der Waals surface area contributed by atoms with Gasteiger partial charge in [-0.25, -0.2) is 0 Å². The van der Waals surface area contributed by atoms with Crippen LogP contribution >= 0.6 is 11.8 Å². The van der Waals surface area contributed by atoms with E-state index in [1.54, 1.807) is 11.8 Å². The summed E-state index contributed by atoms with van der Waals surface area (Å²) >= 11 is 1.66. The highest BCUT2D eigenvalue weighted by Gasteiger charge is 2.49. The molecule has 4 bridgehead atoms. The van der Waals surface area contributed by atoms with Crippen LogP contribution in [-0.2, 0) is 0 Å². The molecule has 1 aromatic rings. The van der Waals surface area contributed by atoms with Gasteiger partial charge >= 0.3 is 0 Å². The summed E-state index contributed by atoms with van der Waals surface area (Å²) in [5.41, 5.74) is 2.27. The average molecular weight is 272 g/mol. The number of hydrogen-bond donors (Lipinski definition) is 1. The fraction of sp³-hybridized carbons (Fsp3) is 0.688. The van der Waals surface area contributed by atoms with E-state index in [2.05, 4.69) is 17.3 Å². The van der Waals surface area contributed by atoms with E-state index in [9.17, 15) is 5.26 Å². The van der Waals surface area contributed by atoms with Gasteiger partial charge in [0.2, 0.25) is 0 Å².